The summed E-state index contributed by atoms with van der Waals surface area (Å²) in [5, 5.41) is 12.5. The van der Waals surface area contributed by atoms with Gasteiger partial charge < -0.3 is 14.8 Å². The van der Waals surface area contributed by atoms with Crippen LogP contribution in [0.1, 0.15) is 16.2 Å². The van der Waals surface area contributed by atoms with Gasteiger partial charge >= 0.3 is 0 Å². The number of phenols is 1. The lowest BCUT2D eigenvalue weighted by Gasteiger charge is -2.11. The van der Waals surface area contributed by atoms with Crippen molar-refractivity contribution in [3.8, 4) is 5.75 Å². The average molecular weight is 372 g/mol. The summed E-state index contributed by atoms with van der Waals surface area (Å²) in [7, 11) is 0. The highest BCUT2D eigenvalue weighted by molar-refractivity contribution is 6.46. The number of carbonyl (C=O) groups is 1. The second-order valence-electron chi connectivity index (χ2n) is 4.75. The van der Waals surface area contributed by atoms with E-state index in [1.54, 1.807) is 25.1 Å². The number of fused-ring (bicyclic) bond motifs is 1. The van der Waals surface area contributed by atoms with E-state index < -0.39 is 11.7 Å². The fourth-order valence-corrected chi connectivity index (χ4v) is 2.80. The molecule has 0 unspecified atom stereocenters. The number of oxazole rings is 1. The number of carbonyl (C=O) groups excluding carboxylic acids is 1. The Kier molecular flexibility index (Phi) is 4.10. The summed E-state index contributed by atoms with van der Waals surface area (Å²) >= 11 is 17.7. The largest absolute Gasteiger partial charge is 0.505 e. The summed E-state index contributed by atoms with van der Waals surface area (Å²) in [6.45, 7) is 1.73. The van der Waals surface area contributed by atoms with Crippen molar-refractivity contribution in [2.45, 2.75) is 6.92 Å². The predicted molar refractivity (Wildman–Crippen MR) is 89.8 cm³/mol. The molecule has 0 fully saturated rings. The molecule has 8 heteroatoms. The Morgan fingerprint density at radius 1 is 1.22 bits per heavy atom. The molecule has 0 atom stereocenters. The van der Waals surface area contributed by atoms with Crippen LogP contribution < -0.4 is 5.32 Å². The maximum absolute atomic E-state index is 12.4. The number of phenolic OH excluding ortho intramolecular Hbond substituents is 1. The Hall–Kier alpha value is -1.95. The second-order valence-corrected chi connectivity index (χ2v) is 5.94. The number of hydrogen-bond acceptors (Lipinski definition) is 4. The van der Waals surface area contributed by atoms with Crippen molar-refractivity contribution in [3.63, 3.8) is 0 Å². The van der Waals surface area contributed by atoms with E-state index in [1.807, 2.05) is 0 Å². The standard InChI is InChI=1S/C15H9Cl3N2O3/c1-6-19-10-4-7(2-3-11(10)23-6)20-15(22)12-13(18)8(16)5-9(17)14(12)21/h2-5,21H,1H3,(H,20,22). The Morgan fingerprint density at radius 3 is 2.70 bits per heavy atom. The topological polar surface area (TPSA) is 75.4 Å². The van der Waals surface area contributed by atoms with E-state index in [0.717, 1.165) is 0 Å². The number of aromatic nitrogens is 1. The smallest absolute Gasteiger partial charge is 0.261 e. The third-order valence-corrected chi connectivity index (χ3v) is 4.20. The molecule has 0 spiro atoms. The molecule has 118 valence electrons. The zero-order valence-corrected chi connectivity index (χ0v) is 13.9. The van der Waals surface area contributed by atoms with Crippen LogP contribution in [0.15, 0.2) is 28.7 Å². The minimum Gasteiger partial charge on any atom is -0.505 e. The van der Waals surface area contributed by atoms with Gasteiger partial charge in [-0.3, -0.25) is 4.79 Å². The van der Waals surface area contributed by atoms with Gasteiger partial charge in [-0.2, -0.15) is 0 Å². The third-order valence-electron chi connectivity index (χ3n) is 3.13. The van der Waals surface area contributed by atoms with E-state index in [2.05, 4.69) is 10.3 Å². The van der Waals surface area contributed by atoms with Gasteiger partial charge in [0.2, 0.25) is 0 Å². The lowest BCUT2D eigenvalue weighted by Crippen LogP contribution is -2.13. The highest BCUT2D eigenvalue weighted by Crippen LogP contribution is 2.38. The SMILES string of the molecule is Cc1nc2cc(NC(=O)c3c(O)c(Cl)cc(Cl)c3Cl)ccc2o1. The predicted octanol–water partition coefficient (Wildman–Crippen LogP) is 5.05. The average Bonchev–Trinajstić information content (AvgIpc) is 2.85. The van der Waals surface area contributed by atoms with E-state index in [1.165, 1.54) is 6.07 Å². The van der Waals surface area contributed by atoms with Gasteiger partial charge in [0.05, 0.1) is 15.1 Å². The van der Waals surface area contributed by atoms with Crippen molar-refractivity contribution < 1.29 is 14.3 Å². The molecule has 2 N–H and O–H groups in total. The monoisotopic (exact) mass is 370 g/mol. The molecule has 1 heterocycles. The van der Waals surface area contributed by atoms with Crippen LogP contribution >= 0.6 is 34.8 Å². The number of halogens is 3. The van der Waals surface area contributed by atoms with Crippen LogP contribution in [-0.4, -0.2) is 16.0 Å². The van der Waals surface area contributed by atoms with Crippen molar-refractivity contribution in [2.75, 3.05) is 5.32 Å². The Morgan fingerprint density at radius 2 is 1.96 bits per heavy atom. The van der Waals surface area contributed by atoms with E-state index >= 15 is 0 Å². The minimum atomic E-state index is -0.642. The Balaban J connectivity index is 1.97. The normalized spacial score (nSPS) is 11.0. The fourth-order valence-electron chi connectivity index (χ4n) is 2.11. The summed E-state index contributed by atoms with van der Waals surface area (Å²) in [5.74, 6) is -0.556. The number of nitrogens with one attached hydrogen (secondary N) is 1. The number of rotatable bonds is 2. The van der Waals surface area contributed by atoms with Gasteiger partial charge in [-0.1, -0.05) is 34.8 Å². The zero-order chi connectivity index (χ0) is 16.7. The van der Waals surface area contributed by atoms with E-state index in [4.69, 9.17) is 39.2 Å². The molecule has 23 heavy (non-hydrogen) atoms. The van der Waals surface area contributed by atoms with E-state index in [-0.39, 0.29) is 20.6 Å². The van der Waals surface area contributed by atoms with Gasteiger partial charge in [0.15, 0.2) is 11.5 Å². The van der Waals surface area contributed by atoms with Gasteiger partial charge in [-0.25, -0.2) is 4.98 Å². The molecule has 3 rings (SSSR count). The van der Waals surface area contributed by atoms with Crippen molar-refractivity contribution in [1.82, 2.24) is 4.98 Å². The van der Waals surface area contributed by atoms with Crippen LogP contribution in [0.5, 0.6) is 5.75 Å². The second kappa shape index (κ2) is 5.92. The first kappa shape index (κ1) is 15.9. The fraction of sp³-hybridized carbons (Fsp3) is 0.0667. The Bertz CT molecular complexity index is 911. The van der Waals surface area contributed by atoms with Gasteiger partial charge in [-0.05, 0) is 24.3 Å². The Labute approximate surface area is 145 Å². The van der Waals surface area contributed by atoms with Crippen LogP contribution in [0.4, 0.5) is 5.69 Å². The van der Waals surface area contributed by atoms with Crippen molar-refractivity contribution in [1.29, 1.82) is 0 Å². The summed E-state index contributed by atoms with van der Waals surface area (Å²) in [5.41, 5.74) is 1.47. The van der Waals surface area contributed by atoms with E-state index in [0.29, 0.717) is 22.7 Å². The van der Waals surface area contributed by atoms with Crippen molar-refractivity contribution in [3.05, 3.63) is 50.8 Å². The summed E-state index contributed by atoms with van der Waals surface area (Å²) in [4.78, 5) is 16.6. The molecule has 5 nitrogen and oxygen atoms in total. The van der Waals surface area contributed by atoms with Crippen LogP contribution in [0.3, 0.4) is 0 Å². The van der Waals surface area contributed by atoms with Crippen LogP contribution in [0.25, 0.3) is 11.1 Å². The lowest BCUT2D eigenvalue weighted by atomic mass is 10.1. The summed E-state index contributed by atoms with van der Waals surface area (Å²) < 4.78 is 5.36. The number of benzene rings is 2. The number of aryl methyl sites for hydroxylation is 1. The summed E-state index contributed by atoms with van der Waals surface area (Å²) in [6, 6.07) is 6.22. The molecule has 0 bridgehead atoms. The first-order valence-corrected chi connectivity index (χ1v) is 7.55. The number of anilines is 1. The minimum absolute atomic E-state index is 0.0628. The molecular weight excluding hydrogens is 363 g/mol. The zero-order valence-electron chi connectivity index (χ0n) is 11.7. The molecule has 0 aliphatic rings. The number of hydrogen-bond donors (Lipinski definition) is 2. The molecule has 0 radical (unpaired) electrons. The summed E-state index contributed by atoms with van der Waals surface area (Å²) in [6.07, 6.45) is 0. The molecule has 2 aromatic carbocycles. The molecule has 0 saturated heterocycles. The van der Waals surface area contributed by atoms with Gasteiger partial charge in [-0.15, -0.1) is 0 Å². The molecule has 0 aliphatic carbocycles. The molecule has 0 aliphatic heterocycles. The first-order chi connectivity index (χ1) is 10.9. The molecule has 1 aromatic heterocycles. The lowest BCUT2D eigenvalue weighted by molar-refractivity contribution is 0.102. The van der Waals surface area contributed by atoms with Crippen LogP contribution in [-0.2, 0) is 0 Å². The number of nitrogens with zero attached hydrogens (tertiary/aromatic N) is 1. The van der Waals surface area contributed by atoms with Gasteiger partial charge in [0, 0.05) is 12.6 Å². The maximum Gasteiger partial charge on any atom is 0.261 e. The maximum atomic E-state index is 12.4. The number of amides is 1. The molecule has 0 saturated carbocycles. The number of aromatic hydroxyl groups is 1. The van der Waals surface area contributed by atoms with Gasteiger partial charge in [0.1, 0.15) is 16.8 Å². The first-order valence-electron chi connectivity index (χ1n) is 6.42. The molecule has 1 amide bonds. The van der Waals surface area contributed by atoms with Gasteiger partial charge in [0.25, 0.3) is 5.91 Å². The van der Waals surface area contributed by atoms with Crippen molar-refractivity contribution >= 4 is 57.5 Å². The molecular formula is C15H9Cl3N2O3. The van der Waals surface area contributed by atoms with Crippen molar-refractivity contribution in [2.24, 2.45) is 0 Å². The van der Waals surface area contributed by atoms with Crippen LogP contribution in [0, 0.1) is 6.92 Å². The van der Waals surface area contributed by atoms with E-state index in [9.17, 15) is 9.90 Å². The quantitative estimate of drug-likeness (QED) is 0.618. The highest BCUT2D eigenvalue weighted by atomic mass is 35.5. The molecule has 3 aromatic rings. The van der Waals surface area contributed by atoms with Crippen LogP contribution in [0.2, 0.25) is 15.1 Å². The highest BCUT2D eigenvalue weighted by Gasteiger charge is 2.21. The third kappa shape index (κ3) is 2.95.